The van der Waals surface area contributed by atoms with Gasteiger partial charge in [0.15, 0.2) is 0 Å². The Labute approximate surface area is 132 Å². The summed E-state index contributed by atoms with van der Waals surface area (Å²) >= 11 is 1.83. The summed E-state index contributed by atoms with van der Waals surface area (Å²) in [6.07, 6.45) is 5.38. The summed E-state index contributed by atoms with van der Waals surface area (Å²) in [4.78, 5) is 19.6. The van der Waals surface area contributed by atoms with Gasteiger partial charge in [-0.15, -0.1) is 11.3 Å². The van der Waals surface area contributed by atoms with E-state index in [4.69, 9.17) is 0 Å². The molecule has 1 aromatic carbocycles. The van der Waals surface area contributed by atoms with E-state index in [1.165, 1.54) is 34.4 Å². The molecule has 0 bridgehead atoms. The maximum atomic E-state index is 12.6. The average Bonchev–Trinajstić information content (AvgIpc) is 2.94. The van der Waals surface area contributed by atoms with E-state index < -0.39 is 0 Å². The zero-order valence-corrected chi connectivity index (χ0v) is 13.1. The molecule has 1 aliphatic carbocycles. The highest BCUT2D eigenvalue weighted by Crippen LogP contribution is 2.36. The Hall–Kier alpha value is -1.94. The molecule has 0 unspecified atom stereocenters. The molecular weight excluding hydrogens is 292 g/mol. The lowest BCUT2D eigenvalue weighted by Gasteiger charge is -2.21. The first kappa shape index (κ1) is 12.6. The van der Waals surface area contributed by atoms with Crippen molar-refractivity contribution in [1.29, 1.82) is 0 Å². The van der Waals surface area contributed by atoms with Crippen LogP contribution < -0.4 is 5.56 Å². The Morgan fingerprint density at radius 2 is 1.91 bits per heavy atom. The van der Waals surface area contributed by atoms with Gasteiger partial charge < -0.3 is 4.57 Å². The molecular formula is C18H16N2OS. The third kappa shape index (κ3) is 1.67. The number of hydrogen-bond acceptors (Lipinski definition) is 3. The predicted octanol–water partition coefficient (Wildman–Crippen LogP) is 3.29. The van der Waals surface area contributed by atoms with Gasteiger partial charge in [0.1, 0.15) is 10.7 Å². The first-order chi connectivity index (χ1) is 10.8. The average molecular weight is 308 g/mol. The Morgan fingerprint density at radius 1 is 1.09 bits per heavy atom. The van der Waals surface area contributed by atoms with Crippen molar-refractivity contribution in [2.75, 3.05) is 0 Å². The molecule has 0 saturated carbocycles. The Morgan fingerprint density at radius 3 is 2.82 bits per heavy atom. The van der Waals surface area contributed by atoms with Gasteiger partial charge in [0.25, 0.3) is 5.56 Å². The highest BCUT2D eigenvalue weighted by Gasteiger charge is 2.24. The number of aryl methyl sites for hydroxylation is 2. The van der Waals surface area contributed by atoms with Gasteiger partial charge in [-0.1, -0.05) is 24.3 Å². The molecule has 1 aliphatic heterocycles. The van der Waals surface area contributed by atoms with Crippen molar-refractivity contribution >= 4 is 21.6 Å². The van der Waals surface area contributed by atoms with Gasteiger partial charge in [0, 0.05) is 11.3 Å². The summed E-state index contributed by atoms with van der Waals surface area (Å²) in [7, 11) is 0. The van der Waals surface area contributed by atoms with E-state index in [0.717, 1.165) is 41.8 Å². The van der Waals surface area contributed by atoms with Crippen molar-refractivity contribution in [3.05, 3.63) is 62.0 Å². The first-order valence-corrected chi connectivity index (χ1v) is 8.73. The maximum Gasteiger partial charge on any atom is 0.281 e. The van der Waals surface area contributed by atoms with Crippen molar-refractivity contribution in [2.45, 2.75) is 38.6 Å². The van der Waals surface area contributed by atoms with Crippen LogP contribution in [0.4, 0.5) is 0 Å². The van der Waals surface area contributed by atoms with Crippen LogP contribution >= 0.6 is 11.3 Å². The highest BCUT2D eigenvalue weighted by molar-refractivity contribution is 7.18. The van der Waals surface area contributed by atoms with Crippen LogP contribution in [0.1, 0.15) is 40.2 Å². The van der Waals surface area contributed by atoms with Crippen LogP contribution in [0.3, 0.4) is 0 Å². The molecule has 3 aromatic rings. The predicted molar refractivity (Wildman–Crippen MR) is 88.9 cm³/mol. The quantitative estimate of drug-likeness (QED) is 0.499. The molecule has 0 fully saturated rings. The molecule has 4 heteroatoms. The second kappa shape index (κ2) is 4.53. The molecule has 22 heavy (non-hydrogen) atoms. The Kier molecular flexibility index (Phi) is 2.59. The number of thiophene rings is 1. The topological polar surface area (TPSA) is 34.9 Å². The lowest BCUT2D eigenvalue weighted by molar-refractivity contribution is 0.692. The lowest BCUT2D eigenvalue weighted by Crippen LogP contribution is -2.23. The number of aromatic nitrogens is 2. The van der Waals surface area contributed by atoms with Crippen LogP contribution in [0, 0.1) is 0 Å². The van der Waals surface area contributed by atoms with Crippen molar-refractivity contribution < 1.29 is 0 Å². The SMILES string of the molecule is O=c1nc2n(c3sc4c(c13)CCCC4)Cc1ccccc1C2. The van der Waals surface area contributed by atoms with Crippen molar-refractivity contribution in [3.63, 3.8) is 0 Å². The minimum absolute atomic E-state index is 0.0139. The number of nitrogens with zero attached hydrogens (tertiary/aromatic N) is 2. The number of benzene rings is 1. The van der Waals surface area contributed by atoms with Crippen LogP contribution in [0.2, 0.25) is 0 Å². The van der Waals surface area contributed by atoms with Gasteiger partial charge >= 0.3 is 0 Å². The van der Waals surface area contributed by atoms with E-state index in [9.17, 15) is 4.79 Å². The fourth-order valence-electron chi connectivity index (χ4n) is 3.84. The first-order valence-electron chi connectivity index (χ1n) is 7.92. The van der Waals surface area contributed by atoms with Crippen LogP contribution in [-0.2, 0) is 25.8 Å². The zero-order chi connectivity index (χ0) is 14.7. The molecule has 5 rings (SSSR count). The van der Waals surface area contributed by atoms with Crippen molar-refractivity contribution in [3.8, 4) is 0 Å². The summed E-state index contributed by atoms with van der Waals surface area (Å²) in [6, 6.07) is 8.50. The summed E-state index contributed by atoms with van der Waals surface area (Å²) in [5, 5.41) is 0.905. The Bertz CT molecular complexity index is 967. The molecule has 110 valence electrons. The molecule has 0 radical (unpaired) electrons. The molecule has 0 spiro atoms. The van der Waals surface area contributed by atoms with Crippen LogP contribution in [0.15, 0.2) is 29.1 Å². The van der Waals surface area contributed by atoms with E-state index in [-0.39, 0.29) is 5.56 Å². The monoisotopic (exact) mass is 308 g/mol. The van der Waals surface area contributed by atoms with E-state index in [1.54, 1.807) is 0 Å². The Balaban J connectivity index is 1.80. The molecule has 0 N–H and O–H groups in total. The largest absolute Gasteiger partial charge is 0.316 e. The van der Waals surface area contributed by atoms with E-state index >= 15 is 0 Å². The van der Waals surface area contributed by atoms with Crippen LogP contribution in [0.25, 0.3) is 10.2 Å². The number of fused-ring (bicyclic) bond motifs is 6. The fourth-order valence-corrected chi connectivity index (χ4v) is 5.24. The van der Waals surface area contributed by atoms with E-state index in [1.807, 2.05) is 11.3 Å². The normalized spacial score (nSPS) is 16.2. The highest BCUT2D eigenvalue weighted by atomic mass is 32.1. The summed E-state index contributed by atoms with van der Waals surface area (Å²) in [5.41, 5.74) is 3.93. The smallest absolute Gasteiger partial charge is 0.281 e. The molecule has 0 amide bonds. The van der Waals surface area contributed by atoms with Crippen molar-refractivity contribution in [2.24, 2.45) is 0 Å². The fraction of sp³-hybridized carbons (Fsp3) is 0.333. The summed E-state index contributed by atoms with van der Waals surface area (Å²) in [6.45, 7) is 0.842. The molecule has 2 aliphatic rings. The minimum atomic E-state index is -0.0139. The van der Waals surface area contributed by atoms with Gasteiger partial charge in [-0.3, -0.25) is 4.79 Å². The molecule has 3 nitrogen and oxygen atoms in total. The second-order valence-electron chi connectivity index (χ2n) is 6.26. The van der Waals surface area contributed by atoms with Gasteiger partial charge in [0.2, 0.25) is 0 Å². The molecule has 2 aromatic heterocycles. The minimum Gasteiger partial charge on any atom is -0.316 e. The molecule has 3 heterocycles. The summed E-state index contributed by atoms with van der Waals surface area (Å²) in [5.74, 6) is 0.926. The van der Waals surface area contributed by atoms with Crippen molar-refractivity contribution in [1.82, 2.24) is 9.55 Å². The van der Waals surface area contributed by atoms with Gasteiger partial charge in [0.05, 0.1) is 11.9 Å². The van der Waals surface area contributed by atoms with Gasteiger partial charge in [-0.2, -0.15) is 4.98 Å². The summed E-state index contributed by atoms with van der Waals surface area (Å²) < 4.78 is 2.28. The second-order valence-corrected chi connectivity index (χ2v) is 7.34. The number of hydrogen-bond donors (Lipinski definition) is 0. The van der Waals surface area contributed by atoms with E-state index in [2.05, 4.69) is 33.8 Å². The third-order valence-corrected chi connectivity index (χ3v) is 6.26. The van der Waals surface area contributed by atoms with Crippen LogP contribution in [0.5, 0.6) is 0 Å². The standard InChI is InChI=1S/C18H16N2OS/c21-17-16-13-7-3-4-8-14(13)22-18(16)20-10-12-6-2-1-5-11(12)9-15(20)19-17/h1-2,5-6H,3-4,7-10H2. The molecule has 0 atom stereocenters. The number of rotatable bonds is 0. The van der Waals surface area contributed by atoms with Gasteiger partial charge in [-0.25, -0.2) is 0 Å². The van der Waals surface area contributed by atoms with Gasteiger partial charge in [-0.05, 0) is 42.4 Å². The van der Waals surface area contributed by atoms with Crippen LogP contribution in [-0.4, -0.2) is 9.55 Å². The van der Waals surface area contributed by atoms with E-state index in [0.29, 0.717) is 0 Å². The zero-order valence-electron chi connectivity index (χ0n) is 12.3. The third-order valence-electron chi connectivity index (χ3n) is 4.95. The maximum absolute atomic E-state index is 12.6. The lowest BCUT2D eigenvalue weighted by atomic mass is 9.96. The molecule has 0 saturated heterocycles.